The number of benzene rings is 2. The lowest BCUT2D eigenvalue weighted by molar-refractivity contribution is 0.1000. The fourth-order valence-corrected chi connectivity index (χ4v) is 3.22. The highest BCUT2D eigenvalue weighted by Crippen LogP contribution is 2.26. The molecule has 3 rings (SSSR count). The molecule has 2 aromatic rings. The third-order valence-electron chi connectivity index (χ3n) is 4.54. The Labute approximate surface area is 131 Å². The van der Waals surface area contributed by atoms with Crippen molar-refractivity contribution < 1.29 is 4.79 Å². The number of hydrogen-bond acceptors (Lipinski definition) is 2. The van der Waals surface area contributed by atoms with Crippen molar-refractivity contribution in [2.75, 3.05) is 11.9 Å². The van der Waals surface area contributed by atoms with Crippen molar-refractivity contribution in [1.82, 2.24) is 0 Å². The molecule has 0 bridgehead atoms. The van der Waals surface area contributed by atoms with E-state index in [0.29, 0.717) is 11.5 Å². The highest BCUT2D eigenvalue weighted by atomic mass is 16.1. The number of anilines is 1. The summed E-state index contributed by atoms with van der Waals surface area (Å²) in [5.74, 6) is 0.281. The van der Waals surface area contributed by atoms with E-state index in [1.165, 1.54) is 24.0 Å². The molecule has 3 N–H and O–H groups in total. The van der Waals surface area contributed by atoms with Crippen LogP contribution in [-0.2, 0) is 12.8 Å². The summed E-state index contributed by atoms with van der Waals surface area (Å²) < 4.78 is 0. The van der Waals surface area contributed by atoms with Gasteiger partial charge in [0.25, 0.3) is 0 Å². The number of carbonyl (C=O) groups is 1. The van der Waals surface area contributed by atoms with Crippen LogP contribution in [0.5, 0.6) is 0 Å². The van der Waals surface area contributed by atoms with Crippen molar-refractivity contribution in [3.05, 3.63) is 64.7 Å². The fraction of sp³-hybridized carbons (Fsp3) is 0.316. The number of hydrogen-bond donors (Lipinski definition) is 2. The molecule has 1 aliphatic carbocycles. The Hall–Kier alpha value is -2.29. The number of aryl methyl sites for hydroxylation is 2. The number of primary amides is 1. The number of nitrogens with one attached hydrogen (secondary N) is 1. The van der Waals surface area contributed by atoms with Crippen LogP contribution in [0.3, 0.4) is 0 Å². The zero-order valence-electron chi connectivity index (χ0n) is 12.9. The van der Waals surface area contributed by atoms with E-state index in [1.807, 2.05) is 19.1 Å². The third kappa shape index (κ3) is 3.14. The highest BCUT2D eigenvalue weighted by molar-refractivity contribution is 5.93. The number of carbonyl (C=O) groups excluding carboxylic acids is 1. The van der Waals surface area contributed by atoms with Crippen LogP contribution in [0.15, 0.2) is 42.5 Å². The summed E-state index contributed by atoms with van der Waals surface area (Å²) in [5.41, 5.74) is 11.0. The van der Waals surface area contributed by atoms with Gasteiger partial charge in [0, 0.05) is 17.8 Å². The van der Waals surface area contributed by atoms with E-state index in [1.54, 1.807) is 6.07 Å². The number of amides is 1. The molecule has 0 fully saturated rings. The zero-order chi connectivity index (χ0) is 15.5. The molecule has 2 aromatic carbocycles. The number of nitrogens with two attached hydrogens (primary N) is 1. The predicted octanol–water partition coefficient (Wildman–Crippen LogP) is 3.31. The van der Waals surface area contributed by atoms with Crippen LogP contribution in [0, 0.1) is 12.8 Å². The topological polar surface area (TPSA) is 55.1 Å². The third-order valence-corrected chi connectivity index (χ3v) is 4.54. The van der Waals surface area contributed by atoms with E-state index in [9.17, 15) is 4.79 Å². The standard InChI is InChI=1S/C19H22N2O/c1-13-10-17(19(20)22)8-9-18(13)21-12-14-6-7-15-4-2-3-5-16(15)11-14/h2-5,8-10,14,21H,6-7,11-12H2,1H3,(H2,20,22). The van der Waals surface area contributed by atoms with Crippen LogP contribution in [0.1, 0.15) is 33.5 Å². The van der Waals surface area contributed by atoms with Gasteiger partial charge in [-0.3, -0.25) is 4.79 Å². The quantitative estimate of drug-likeness (QED) is 0.909. The zero-order valence-corrected chi connectivity index (χ0v) is 12.9. The summed E-state index contributed by atoms with van der Waals surface area (Å²) >= 11 is 0. The van der Waals surface area contributed by atoms with Gasteiger partial charge in [-0.2, -0.15) is 0 Å². The Bertz CT molecular complexity index is 694. The van der Waals surface area contributed by atoms with Crippen molar-refractivity contribution in [3.8, 4) is 0 Å². The molecule has 1 unspecified atom stereocenters. The first-order valence-electron chi connectivity index (χ1n) is 7.84. The smallest absolute Gasteiger partial charge is 0.248 e. The van der Waals surface area contributed by atoms with Gasteiger partial charge < -0.3 is 11.1 Å². The van der Waals surface area contributed by atoms with Gasteiger partial charge in [0.05, 0.1) is 0 Å². The minimum atomic E-state index is -0.376. The maximum atomic E-state index is 11.2. The second kappa shape index (κ2) is 6.22. The van der Waals surface area contributed by atoms with Crippen LogP contribution < -0.4 is 11.1 Å². The normalized spacial score (nSPS) is 16.9. The Morgan fingerprint density at radius 1 is 1.23 bits per heavy atom. The molecule has 114 valence electrons. The summed E-state index contributed by atoms with van der Waals surface area (Å²) in [4.78, 5) is 11.2. The highest BCUT2D eigenvalue weighted by Gasteiger charge is 2.18. The van der Waals surface area contributed by atoms with E-state index in [0.717, 1.165) is 24.2 Å². The first kappa shape index (κ1) is 14.6. The molecule has 0 aliphatic heterocycles. The van der Waals surface area contributed by atoms with Gasteiger partial charge >= 0.3 is 0 Å². The average molecular weight is 294 g/mol. The molecule has 1 aliphatic rings. The first-order valence-corrected chi connectivity index (χ1v) is 7.84. The molecular weight excluding hydrogens is 272 g/mol. The van der Waals surface area contributed by atoms with Crippen molar-refractivity contribution in [1.29, 1.82) is 0 Å². The van der Waals surface area contributed by atoms with Gasteiger partial charge in [-0.1, -0.05) is 24.3 Å². The van der Waals surface area contributed by atoms with Crippen LogP contribution >= 0.6 is 0 Å². The van der Waals surface area contributed by atoms with Gasteiger partial charge in [-0.05, 0) is 67.0 Å². The molecule has 22 heavy (non-hydrogen) atoms. The lowest BCUT2D eigenvalue weighted by atomic mass is 9.84. The second-order valence-corrected chi connectivity index (χ2v) is 6.15. The van der Waals surface area contributed by atoms with Gasteiger partial charge in [0.1, 0.15) is 0 Å². The van der Waals surface area contributed by atoms with E-state index in [-0.39, 0.29) is 5.91 Å². The molecule has 3 nitrogen and oxygen atoms in total. The van der Waals surface area contributed by atoms with E-state index in [4.69, 9.17) is 5.73 Å². The molecule has 0 saturated carbocycles. The van der Waals surface area contributed by atoms with E-state index in [2.05, 4.69) is 29.6 Å². The van der Waals surface area contributed by atoms with Crippen LogP contribution in [-0.4, -0.2) is 12.5 Å². The second-order valence-electron chi connectivity index (χ2n) is 6.15. The molecule has 0 aromatic heterocycles. The van der Waals surface area contributed by atoms with Gasteiger partial charge in [-0.15, -0.1) is 0 Å². The molecule has 1 atom stereocenters. The predicted molar refractivity (Wildman–Crippen MR) is 90.1 cm³/mol. The SMILES string of the molecule is Cc1cc(C(N)=O)ccc1NCC1CCc2ccccc2C1. The Kier molecular flexibility index (Phi) is 4.14. The molecule has 1 amide bonds. The summed E-state index contributed by atoms with van der Waals surface area (Å²) in [7, 11) is 0. The van der Waals surface area contributed by atoms with Crippen molar-refractivity contribution in [2.45, 2.75) is 26.2 Å². The maximum absolute atomic E-state index is 11.2. The van der Waals surface area contributed by atoms with Crippen molar-refractivity contribution in [2.24, 2.45) is 11.7 Å². The van der Waals surface area contributed by atoms with Crippen LogP contribution in [0.4, 0.5) is 5.69 Å². The summed E-state index contributed by atoms with van der Waals surface area (Å²) in [5, 5.41) is 3.53. The lowest BCUT2D eigenvalue weighted by Gasteiger charge is -2.25. The molecule has 0 radical (unpaired) electrons. The number of rotatable bonds is 4. The summed E-state index contributed by atoms with van der Waals surface area (Å²) in [6, 6.07) is 14.3. The summed E-state index contributed by atoms with van der Waals surface area (Å²) in [6.07, 6.45) is 3.53. The van der Waals surface area contributed by atoms with Gasteiger partial charge in [0.2, 0.25) is 5.91 Å². The maximum Gasteiger partial charge on any atom is 0.248 e. The van der Waals surface area contributed by atoms with Gasteiger partial charge in [0.15, 0.2) is 0 Å². The van der Waals surface area contributed by atoms with Crippen LogP contribution in [0.25, 0.3) is 0 Å². The van der Waals surface area contributed by atoms with Crippen molar-refractivity contribution >= 4 is 11.6 Å². The average Bonchev–Trinajstić information content (AvgIpc) is 2.53. The Balaban J connectivity index is 1.63. The van der Waals surface area contributed by atoms with Gasteiger partial charge in [-0.25, -0.2) is 0 Å². The number of fused-ring (bicyclic) bond motifs is 1. The fourth-order valence-electron chi connectivity index (χ4n) is 3.22. The minimum absolute atomic E-state index is 0.376. The van der Waals surface area contributed by atoms with Crippen LogP contribution in [0.2, 0.25) is 0 Å². The largest absolute Gasteiger partial charge is 0.385 e. The van der Waals surface area contributed by atoms with E-state index < -0.39 is 0 Å². The monoisotopic (exact) mass is 294 g/mol. The molecular formula is C19H22N2O. The molecule has 0 saturated heterocycles. The Morgan fingerprint density at radius 2 is 2.00 bits per heavy atom. The van der Waals surface area contributed by atoms with E-state index >= 15 is 0 Å². The minimum Gasteiger partial charge on any atom is -0.385 e. The first-order chi connectivity index (χ1) is 10.6. The lowest BCUT2D eigenvalue weighted by Crippen LogP contribution is -2.22. The molecule has 3 heteroatoms. The Morgan fingerprint density at radius 3 is 2.73 bits per heavy atom. The molecule has 0 spiro atoms. The molecule has 0 heterocycles. The summed E-state index contributed by atoms with van der Waals surface area (Å²) in [6.45, 7) is 2.97. The van der Waals surface area contributed by atoms with Crippen molar-refractivity contribution in [3.63, 3.8) is 0 Å².